The fourth-order valence-corrected chi connectivity index (χ4v) is 8.73. The number of rotatable bonds is 6. The Hall–Kier alpha value is -4.61. The van der Waals surface area contributed by atoms with Crippen molar-refractivity contribution in [2.75, 3.05) is 11.4 Å². The van der Waals surface area contributed by atoms with Gasteiger partial charge in [-0.25, -0.2) is 8.42 Å². The lowest BCUT2D eigenvalue weighted by Gasteiger charge is -2.26. The fourth-order valence-electron chi connectivity index (χ4n) is 5.96. The molecule has 49 heavy (non-hydrogen) atoms. The minimum Gasteiger partial charge on any atom is -0.744 e. The van der Waals surface area contributed by atoms with Gasteiger partial charge in [0.1, 0.15) is 26.0 Å². The Labute approximate surface area is 294 Å². The number of hydrogen-bond acceptors (Lipinski definition) is 7. The molecule has 0 saturated carbocycles. The van der Waals surface area contributed by atoms with Gasteiger partial charge in [-0.15, -0.1) is 11.3 Å². The third kappa shape index (κ3) is 7.09. The highest BCUT2D eigenvalue weighted by Crippen LogP contribution is 2.32. The molecule has 7 nitrogen and oxygen atoms in total. The lowest BCUT2D eigenvalue weighted by Crippen LogP contribution is -2.35. The van der Waals surface area contributed by atoms with E-state index in [0.717, 1.165) is 38.4 Å². The number of anilines is 1. The molecule has 3 heterocycles. The summed E-state index contributed by atoms with van der Waals surface area (Å²) in [6.45, 7) is 10.6. The van der Waals surface area contributed by atoms with Crippen molar-refractivity contribution >= 4 is 77.2 Å². The first kappa shape index (κ1) is 34.3. The second-order valence-corrected chi connectivity index (χ2v) is 15.0. The first-order chi connectivity index (χ1) is 23.6. The van der Waals surface area contributed by atoms with Crippen LogP contribution in [0.2, 0.25) is 0 Å². The van der Waals surface area contributed by atoms with E-state index < -0.39 is 10.1 Å². The van der Waals surface area contributed by atoms with Crippen LogP contribution in [0.1, 0.15) is 36.9 Å². The van der Waals surface area contributed by atoms with E-state index >= 15 is 0 Å². The summed E-state index contributed by atoms with van der Waals surface area (Å²) >= 11 is 3.35. The summed E-state index contributed by atoms with van der Waals surface area (Å²) in [6.07, 6.45) is 10.5. The molecule has 6 aromatic rings. The number of thiazole rings is 2. The number of nitrogens with zero attached hydrogens (tertiary/aromatic N) is 3. The molecule has 0 amide bonds. The van der Waals surface area contributed by atoms with Gasteiger partial charge in [-0.1, -0.05) is 77.6 Å². The normalized spacial score (nSPS) is 14.5. The van der Waals surface area contributed by atoms with Crippen molar-refractivity contribution in [2.24, 2.45) is 0 Å². The average Bonchev–Trinajstić information content (AvgIpc) is 3.62. The highest BCUT2D eigenvalue weighted by atomic mass is 32.2. The molecule has 0 fully saturated rings. The van der Waals surface area contributed by atoms with E-state index in [-0.39, 0.29) is 10.5 Å². The van der Waals surface area contributed by atoms with Crippen molar-refractivity contribution in [3.63, 3.8) is 0 Å². The van der Waals surface area contributed by atoms with Gasteiger partial charge in [-0.2, -0.15) is 4.57 Å². The Bertz CT molecular complexity index is 2520. The Kier molecular flexibility index (Phi) is 10.1. The summed E-state index contributed by atoms with van der Waals surface area (Å²) in [5.74, 6) is 0. The number of hydrogen-bond donors (Lipinski definition) is 0. The highest BCUT2D eigenvalue weighted by molar-refractivity contribution is 7.85. The van der Waals surface area contributed by atoms with Gasteiger partial charge in [0.25, 0.3) is 10.6 Å². The molecule has 0 N–H and O–H groups in total. The summed E-state index contributed by atoms with van der Waals surface area (Å²) in [4.78, 5) is 15.5. The maximum absolute atomic E-state index is 13.4. The van der Waals surface area contributed by atoms with Gasteiger partial charge >= 0.3 is 0 Å². The minimum atomic E-state index is -4.27. The van der Waals surface area contributed by atoms with Crippen molar-refractivity contribution in [3.05, 3.63) is 139 Å². The largest absolute Gasteiger partial charge is 0.744 e. The second-order valence-electron chi connectivity index (χ2n) is 11.5. The summed E-state index contributed by atoms with van der Waals surface area (Å²) in [7, 11) is -4.27. The lowest BCUT2D eigenvalue weighted by atomic mass is 9.99. The van der Waals surface area contributed by atoms with Gasteiger partial charge in [0, 0.05) is 30.5 Å². The van der Waals surface area contributed by atoms with Crippen LogP contribution in [0.15, 0.2) is 113 Å². The zero-order chi connectivity index (χ0) is 34.7. The molecule has 0 aliphatic carbocycles. The molecule has 0 saturated heterocycles. The maximum Gasteiger partial charge on any atom is 0.269 e. The number of fused-ring (bicyclic) bond motifs is 4. The number of para-hydroxylation sites is 1. The third-order valence-corrected chi connectivity index (χ3v) is 11.5. The van der Waals surface area contributed by atoms with Gasteiger partial charge in [-0.05, 0) is 81.1 Å². The van der Waals surface area contributed by atoms with Crippen molar-refractivity contribution < 1.29 is 17.5 Å². The zero-order valence-electron chi connectivity index (χ0n) is 27.8. The molecule has 1 aliphatic rings. The summed E-state index contributed by atoms with van der Waals surface area (Å²) in [5, 5.41) is 3.68. The quantitative estimate of drug-likeness (QED) is 0.145. The SMILES string of the molecule is CCN1C=C/C(=C\C=c2\s/c(=C/c3sc4ccc5ccccc5c4[n+]3CC)n(CC)c2=O)c2ccccc21.Cc1ccc(S(=O)(=O)[O-])cc1. The smallest absolute Gasteiger partial charge is 0.269 e. The Morgan fingerprint density at radius 2 is 1.59 bits per heavy atom. The lowest BCUT2D eigenvalue weighted by molar-refractivity contribution is -0.664. The van der Waals surface area contributed by atoms with Crippen LogP contribution in [0.4, 0.5) is 5.69 Å². The molecule has 0 spiro atoms. The van der Waals surface area contributed by atoms with Gasteiger partial charge < -0.3 is 9.45 Å². The Balaban J connectivity index is 0.000000324. The van der Waals surface area contributed by atoms with Gasteiger partial charge in [0.15, 0.2) is 0 Å². The summed E-state index contributed by atoms with van der Waals surface area (Å²) in [6, 6.07) is 27.2. The minimum absolute atomic E-state index is 0.0680. The summed E-state index contributed by atoms with van der Waals surface area (Å²) in [5.41, 5.74) is 5.77. The molecule has 10 heteroatoms. The Morgan fingerprint density at radius 3 is 2.31 bits per heavy atom. The molecule has 0 radical (unpaired) electrons. The molecule has 7 rings (SSSR count). The van der Waals surface area contributed by atoms with E-state index in [2.05, 4.69) is 108 Å². The van der Waals surface area contributed by atoms with Crippen molar-refractivity contribution in [2.45, 2.75) is 45.7 Å². The van der Waals surface area contributed by atoms with Gasteiger partial charge in [0.05, 0.1) is 20.9 Å². The van der Waals surface area contributed by atoms with Crippen LogP contribution < -0.4 is 24.2 Å². The Morgan fingerprint density at radius 1 is 0.857 bits per heavy atom. The van der Waals surface area contributed by atoms with Crippen LogP contribution in [-0.4, -0.2) is 24.1 Å². The first-order valence-corrected chi connectivity index (χ1v) is 19.2. The van der Waals surface area contributed by atoms with Crippen LogP contribution in [0.25, 0.3) is 38.7 Å². The van der Waals surface area contributed by atoms with E-state index in [4.69, 9.17) is 0 Å². The van der Waals surface area contributed by atoms with Crippen LogP contribution in [0.5, 0.6) is 0 Å². The van der Waals surface area contributed by atoms with E-state index in [1.807, 2.05) is 24.5 Å². The third-order valence-electron chi connectivity index (χ3n) is 8.45. The number of allylic oxidation sites excluding steroid dienone is 3. The maximum atomic E-state index is 13.4. The molecular weight excluding hydrogens is 671 g/mol. The van der Waals surface area contributed by atoms with Crippen LogP contribution >= 0.6 is 22.7 Å². The monoisotopic (exact) mass is 707 g/mol. The highest BCUT2D eigenvalue weighted by Gasteiger charge is 2.21. The molecule has 0 bridgehead atoms. The number of aryl methyl sites for hydroxylation is 2. The molecular formula is C39H37N3O4S3. The number of benzene rings is 4. The zero-order valence-corrected chi connectivity index (χ0v) is 30.2. The van der Waals surface area contributed by atoms with Crippen molar-refractivity contribution in [1.29, 1.82) is 0 Å². The number of aromatic nitrogens is 2. The molecule has 1 aliphatic heterocycles. The average molecular weight is 708 g/mol. The molecule has 0 unspecified atom stereocenters. The summed E-state index contributed by atoms with van der Waals surface area (Å²) < 4.78 is 38.4. The topological polar surface area (TPSA) is 86.3 Å². The van der Waals surface area contributed by atoms with E-state index in [1.165, 1.54) is 44.4 Å². The van der Waals surface area contributed by atoms with Gasteiger partial charge in [0.2, 0.25) is 5.52 Å². The second kappa shape index (κ2) is 14.5. The predicted molar refractivity (Wildman–Crippen MR) is 202 cm³/mol. The van der Waals surface area contributed by atoms with E-state index in [9.17, 15) is 17.8 Å². The molecule has 2 aromatic heterocycles. The molecule has 0 atom stereocenters. The first-order valence-electron chi connectivity index (χ1n) is 16.2. The molecule has 250 valence electrons. The molecule has 4 aromatic carbocycles. The van der Waals surface area contributed by atoms with Crippen LogP contribution in [-0.2, 0) is 23.2 Å². The predicted octanol–water partition coefficient (Wildman–Crippen LogP) is 6.55. The van der Waals surface area contributed by atoms with Crippen molar-refractivity contribution in [1.82, 2.24) is 4.57 Å². The van der Waals surface area contributed by atoms with Crippen LogP contribution in [0.3, 0.4) is 0 Å². The fraction of sp³-hybridized carbons (Fsp3) is 0.179. The standard InChI is InChI=1S/C32H30N3OS2.C7H8O3S/c1-4-33-20-19-23(24-12-9-10-14-26(24)33)16-18-28-32(36)35(6-3)30(38-28)21-29-34(5-2)31-25-13-8-7-11-22(25)15-17-27(31)37-29;1-6-2-4-7(5-3-6)11(8,9)10/h7-21H,4-6H2,1-3H3;2-5H,1H3,(H,8,9,10)/q+1;/p-1/b23-16+,28-18+;. The van der Waals surface area contributed by atoms with Crippen molar-refractivity contribution in [3.8, 4) is 0 Å². The van der Waals surface area contributed by atoms with Gasteiger partial charge in [-0.3, -0.25) is 9.36 Å². The van der Waals surface area contributed by atoms with Crippen LogP contribution in [0, 0.1) is 6.92 Å². The van der Waals surface area contributed by atoms with E-state index in [1.54, 1.807) is 34.8 Å². The van der Waals surface area contributed by atoms with E-state index in [0.29, 0.717) is 6.54 Å².